The molecule has 5 nitrogen and oxygen atoms in total. The molecule has 0 atom stereocenters. The fourth-order valence-electron chi connectivity index (χ4n) is 2.11. The van der Waals surface area contributed by atoms with Crippen LogP contribution in [0.25, 0.3) is 0 Å². The highest BCUT2D eigenvalue weighted by Gasteiger charge is 2.29. The van der Waals surface area contributed by atoms with Gasteiger partial charge in [0.05, 0.1) is 12.2 Å². The molecule has 1 aliphatic rings. The summed E-state index contributed by atoms with van der Waals surface area (Å²) in [6, 6.07) is 0.592. The summed E-state index contributed by atoms with van der Waals surface area (Å²) >= 11 is 0. The number of rotatable bonds is 8. The van der Waals surface area contributed by atoms with Crippen LogP contribution in [-0.2, 0) is 14.3 Å². The molecule has 1 aromatic rings. The SMILES string of the molecule is CCOC(=O)/C(=C\OCNC1CC1)C(=O)c1c(F)cc(F)c(F)c1C. The van der Waals surface area contributed by atoms with E-state index >= 15 is 0 Å². The Balaban J connectivity index is 2.29. The molecule has 2 rings (SSSR count). The molecular formula is C17H18F3NO4. The number of esters is 1. The molecule has 1 aliphatic carbocycles. The minimum Gasteiger partial charge on any atom is -0.485 e. The molecule has 0 aromatic heterocycles. The minimum absolute atomic E-state index is 0.0248. The molecular weight excluding hydrogens is 339 g/mol. The van der Waals surface area contributed by atoms with Crippen molar-refractivity contribution in [2.24, 2.45) is 0 Å². The van der Waals surface area contributed by atoms with E-state index in [9.17, 15) is 22.8 Å². The zero-order valence-corrected chi connectivity index (χ0v) is 13.8. The van der Waals surface area contributed by atoms with E-state index in [1.165, 1.54) is 6.92 Å². The van der Waals surface area contributed by atoms with Crippen molar-refractivity contribution in [3.8, 4) is 0 Å². The minimum atomic E-state index is -1.42. The second-order valence-electron chi connectivity index (χ2n) is 5.52. The molecule has 0 aliphatic heterocycles. The first-order chi connectivity index (χ1) is 11.9. The molecule has 0 radical (unpaired) electrons. The van der Waals surface area contributed by atoms with E-state index in [0.717, 1.165) is 26.0 Å². The van der Waals surface area contributed by atoms with Gasteiger partial charge in [0.1, 0.15) is 24.4 Å². The monoisotopic (exact) mass is 357 g/mol. The van der Waals surface area contributed by atoms with E-state index in [4.69, 9.17) is 9.47 Å². The van der Waals surface area contributed by atoms with Gasteiger partial charge in [-0.05, 0) is 26.7 Å². The largest absolute Gasteiger partial charge is 0.485 e. The highest BCUT2D eigenvalue weighted by Crippen LogP contribution is 2.23. The zero-order valence-electron chi connectivity index (χ0n) is 13.8. The van der Waals surface area contributed by atoms with Crippen molar-refractivity contribution in [3.05, 3.63) is 46.5 Å². The maximum Gasteiger partial charge on any atom is 0.345 e. The molecule has 25 heavy (non-hydrogen) atoms. The third kappa shape index (κ3) is 4.60. The Kier molecular flexibility index (Phi) is 6.19. The maximum atomic E-state index is 14.0. The van der Waals surface area contributed by atoms with Crippen molar-refractivity contribution in [2.75, 3.05) is 13.3 Å². The third-order valence-corrected chi connectivity index (χ3v) is 3.61. The van der Waals surface area contributed by atoms with Crippen LogP contribution in [0.1, 0.15) is 35.7 Å². The van der Waals surface area contributed by atoms with E-state index < -0.39 is 45.9 Å². The third-order valence-electron chi connectivity index (χ3n) is 3.61. The molecule has 0 spiro atoms. The van der Waals surface area contributed by atoms with Gasteiger partial charge in [-0.15, -0.1) is 0 Å². The summed E-state index contributed by atoms with van der Waals surface area (Å²) in [6.07, 6.45) is 2.86. The quantitative estimate of drug-likeness (QED) is 0.0892. The Hall–Kier alpha value is -2.35. The first-order valence-electron chi connectivity index (χ1n) is 7.77. The molecule has 0 saturated heterocycles. The lowest BCUT2D eigenvalue weighted by molar-refractivity contribution is -0.138. The number of nitrogens with one attached hydrogen (secondary N) is 1. The Bertz CT molecular complexity index is 714. The summed E-state index contributed by atoms with van der Waals surface area (Å²) in [4.78, 5) is 24.5. The van der Waals surface area contributed by atoms with Crippen LogP contribution in [0.2, 0.25) is 0 Å². The lowest BCUT2D eigenvalue weighted by Gasteiger charge is -2.11. The number of halogens is 3. The van der Waals surface area contributed by atoms with E-state index in [0.29, 0.717) is 6.04 Å². The number of benzene rings is 1. The number of carbonyl (C=O) groups is 2. The van der Waals surface area contributed by atoms with E-state index in [1.54, 1.807) is 0 Å². The molecule has 1 aromatic carbocycles. The van der Waals surface area contributed by atoms with E-state index in [1.807, 2.05) is 0 Å². The zero-order chi connectivity index (χ0) is 18.6. The van der Waals surface area contributed by atoms with Gasteiger partial charge in [-0.3, -0.25) is 10.1 Å². The van der Waals surface area contributed by atoms with Crippen LogP contribution in [0.4, 0.5) is 13.2 Å². The van der Waals surface area contributed by atoms with Gasteiger partial charge in [0.15, 0.2) is 11.6 Å². The molecule has 1 fully saturated rings. The fraction of sp³-hybridized carbons (Fsp3) is 0.412. The number of hydrogen-bond acceptors (Lipinski definition) is 5. The van der Waals surface area contributed by atoms with Gasteiger partial charge in [-0.1, -0.05) is 0 Å². The summed E-state index contributed by atoms with van der Waals surface area (Å²) in [7, 11) is 0. The van der Waals surface area contributed by atoms with Crippen LogP contribution in [0.5, 0.6) is 0 Å². The summed E-state index contributed by atoms with van der Waals surface area (Å²) < 4.78 is 50.8. The second kappa shape index (κ2) is 8.15. The van der Waals surface area contributed by atoms with Gasteiger partial charge in [0.2, 0.25) is 5.78 Å². The Morgan fingerprint density at radius 2 is 1.96 bits per heavy atom. The smallest absolute Gasteiger partial charge is 0.345 e. The Labute approximate surface area is 142 Å². The van der Waals surface area contributed by atoms with Crippen LogP contribution in [0, 0.1) is 24.4 Å². The molecule has 0 unspecified atom stereocenters. The van der Waals surface area contributed by atoms with Gasteiger partial charge in [-0.25, -0.2) is 18.0 Å². The Morgan fingerprint density at radius 3 is 2.56 bits per heavy atom. The van der Waals surface area contributed by atoms with Gasteiger partial charge in [0, 0.05) is 17.7 Å². The first-order valence-corrected chi connectivity index (χ1v) is 7.77. The number of hydrogen-bond donors (Lipinski definition) is 1. The van der Waals surface area contributed by atoms with Crippen molar-refractivity contribution in [1.29, 1.82) is 0 Å². The second-order valence-corrected chi connectivity index (χ2v) is 5.52. The highest BCUT2D eigenvalue weighted by atomic mass is 19.2. The molecule has 1 saturated carbocycles. The lowest BCUT2D eigenvalue weighted by Crippen LogP contribution is -2.22. The summed E-state index contributed by atoms with van der Waals surface area (Å²) in [5.41, 5.74) is -1.88. The van der Waals surface area contributed by atoms with E-state index in [-0.39, 0.29) is 19.4 Å². The molecule has 0 amide bonds. The van der Waals surface area contributed by atoms with Crippen LogP contribution >= 0.6 is 0 Å². The highest BCUT2D eigenvalue weighted by molar-refractivity contribution is 6.24. The van der Waals surface area contributed by atoms with Crippen LogP contribution < -0.4 is 5.32 Å². The van der Waals surface area contributed by atoms with Crippen molar-refractivity contribution >= 4 is 11.8 Å². The van der Waals surface area contributed by atoms with Crippen LogP contribution in [0.3, 0.4) is 0 Å². The summed E-state index contributed by atoms with van der Waals surface area (Å²) in [5, 5.41) is 2.99. The normalized spacial score (nSPS) is 14.4. The van der Waals surface area contributed by atoms with Gasteiger partial charge in [-0.2, -0.15) is 0 Å². The van der Waals surface area contributed by atoms with Crippen LogP contribution in [-0.4, -0.2) is 31.1 Å². The maximum absolute atomic E-state index is 14.0. The molecule has 0 bridgehead atoms. The van der Waals surface area contributed by atoms with Gasteiger partial charge >= 0.3 is 5.97 Å². The predicted octanol–water partition coefficient (Wildman–Crippen LogP) is 2.77. The standard InChI is InChI=1S/C17H18F3NO4/c1-3-25-17(23)11(7-24-8-21-10-4-5-10)16(22)14-9(2)15(20)13(19)6-12(14)18/h6-7,10,21H,3-5,8H2,1-2H3/b11-7-. The molecule has 8 heteroatoms. The molecule has 136 valence electrons. The summed E-state index contributed by atoms with van der Waals surface area (Å²) in [6.45, 7) is 2.59. The first kappa shape index (κ1) is 19.0. The van der Waals surface area contributed by atoms with Crippen molar-refractivity contribution in [1.82, 2.24) is 5.32 Å². The summed E-state index contributed by atoms with van der Waals surface area (Å²) in [5.74, 6) is -6.23. The fourth-order valence-corrected chi connectivity index (χ4v) is 2.11. The van der Waals surface area contributed by atoms with Crippen LogP contribution in [0.15, 0.2) is 17.9 Å². The average molecular weight is 357 g/mol. The van der Waals surface area contributed by atoms with Gasteiger partial charge in [0.25, 0.3) is 0 Å². The Morgan fingerprint density at radius 1 is 1.28 bits per heavy atom. The van der Waals surface area contributed by atoms with Gasteiger partial charge < -0.3 is 9.47 Å². The number of ether oxygens (including phenoxy) is 2. The number of ketones is 1. The van der Waals surface area contributed by atoms with Crippen molar-refractivity contribution in [3.63, 3.8) is 0 Å². The predicted molar refractivity (Wildman–Crippen MR) is 82.2 cm³/mol. The average Bonchev–Trinajstić information content (AvgIpc) is 3.37. The van der Waals surface area contributed by atoms with E-state index in [2.05, 4.69) is 5.32 Å². The molecule has 0 heterocycles. The van der Waals surface area contributed by atoms with Crippen molar-refractivity contribution in [2.45, 2.75) is 32.7 Å². The molecule has 1 N–H and O–H groups in total. The topological polar surface area (TPSA) is 64.6 Å². The number of Topliss-reactive ketones (excluding diaryl/α,β-unsaturated/α-hetero) is 1. The van der Waals surface area contributed by atoms with Crippen molar-refractivity contribution < 1.29 is 32.2 Å². The number of carbonyl (C=O) groups excluding carboxylic acids is 2. The lowest BCUT2D eigenvalue weighted by atomic mass is 9.98.